The van der Waals surface area contributed by atoms with E-state index in [1.54, 1.807) is 24.3 Å². The molecular weight excluding hydrogens is 244 g/mol. The molecule has 0 saturated heterocycles. The summed E-state index contributed by atoms with van der Waals surface area (Å²) in [7, 11) is 0. The Morgan fingerprint density at radius 1 is 1.35 bits per heavy atom. The van der Waals surface area contributed by atoms with Crippen LogP contribution in [0.4, 0.5) is 0 Å². The van der Waals surface area contributed by atoms with Crippen LogP contribution >= 0.6 is 11.6 Å². The quantitative estimate of drug-likeness (QED) is 0.569. The summed E-state index contributed by atoms with van der Waals surface area (Å²) < 4.78 is 0. The summed E-state index contributed by atoms with van der Waals surface area (Å²) in [6, 6.07) is 6.92. The van der Waals surface area contributed by atoms with E-state index in [2.05, 4.69) is 5.32 Å². The second-order valence-electron chi connectivity index (χ2n) is 3.61. The van der Waals surface area contributed by atoms with E-state index in [1.807, 2.05) is 0 Å². The molecule has 1 aromatic rings. The molecule has 0 saturated carbocycles. The van der Waals surface area contributed by atoms with Crippen molar-refractivity contribution < 1.29 is 15.0 Å². The number of aliphatic hydroxyl groups excluding tert-OH is 2. The monoisotopic (exact) mass is 258 g/mol. The number of amides is 1. The second kappa shape index (κ2) is 6.56. The third-order valence-corrected chi connectivity index (χ3v) is 2.61. The highest BCUT2D eigenvalue weighted by molar-refractivity contribution is 6.31. The number of aliphatic hydroxyl groups is 2. The van der Waals surface area contributed by atoms with Crippen molar-refractivity contribution in [3.63, 3.8) is 0 Å². The Bertz CT molecular complexity index is 387. The normalized spacial score (nSPS) is 14.3. The number of hydrogen-bond acceptors (Lipinski definition) is 4. The van der Waals surface area contributed by atoms with E-state index in [0.717, 1.165) is 0 Å². The molecule has 1 rings (SSSR count). The predicted octanol–water partition coefficient (Wildman–Crippen LogP) is -0.191. The van der Waals surface area contributed by atoms with Gasteiger partial charge < -0.3 is 21.3 Å². The lowest BCUT2D eigenvalue weighted by atomic mass is 10.1. The van der Waals surface area contributed by atoms with Crippen LogP contribution in [-0.4, -0.2) is 35.3 Å². The highest BCUT2D eigenvalue weighted by Gasteiger charge is 2.13. The number of nitrogens with two attached hydrogens (primary N) is 1. The molecule has 6 heteroatoms. The summed E-state index contributed by atoms with van der Waals surface area (Å²) in [5.74, 6) is -0.801. The summed E-state index contributed by atoms with van der Waals surface area (Å²) in [4.78, 5) is 10.5. The summed E-state index contributed by atoms with van der Waals surface area (Å²) in [5.41, 5.74) is 5.47. The zero-order valence-electron chi connectivity index (χ0n) is 9.14. The summed E-state index contributed by atoms with van der Waals surface area (Å²) in [6.07, 6.45) is -2.06. The largest absolute Gasteiger partial charge is 0.387 e. The van der Waals surface area contributed by atoms with Gasteiger partial charge in [0.15, 0.2) is 0 Å². The van der Waals surface area contributed by atoms with Crippen LogP contribution in [0, 0.1) is 0 Å². The maximum atomic E-state index is 10.5. The molecule has 2 unspecified atom stereocenters. The molecule has 0 spiro atoms. The van der Waals surface area contributed by atoms with Gasteiger partial charge in [-0.2, -0.15) is 0 Å². The number of rotatable bonds is 6. The van der Waals surface area contributed by atoms with Gasteiger partial charge in [0.25, 0.3) is 0 Å². The average molecular weight is 259 g/mol. The van der Waals surface area contributed by atoms with Crippen LogP contribution in [0.5, 0.6) is 0 Å². The Morgan fingerprint density at radius 3 is 2.59 bits per heavy atom. The topological polar surface area (TPSA) is 95.6 Å². The Kier molecular flexibility index (Phi) is 5.37. The molecule has 0 aromatic heterocycles. The van der Waals surface area contributed by atoms with Gasteiger partial charge >= 0.3 is 0 Å². The van der Waals surface area contributed by atoms with Gasteiger partial charge in [0, 0.05) is 23.7 Å². The first-order valence-corrected chi connectivity index (χ1v) is 5.50. The number of halogens is 1. The molecule has 5 N–H and O–H groups in total. The fourth-order valence-electron chi connectivity index (χ4n) is 1.31. The number of primary amides is 1. The molecule has 0 heterocycles. The zero-order chi connectivity index (χ0) is 12.8. The van der Waals surface area contributed by atoms with E-state index in [4.69, 9.17) is 22.4 Å². The minimum Gasteiger partial charge on any atom is -0.387 e. The molecule has 0 aliphatic heterocycles. The molecule has 0 aliphatic rings. The van der Waals surface area contributed by atoms with E-state index in [9.17, 15) is 9.90 Å². The fourth-order valence-corrected chi connectivity index (χ4v) is 1.57. The lowest BCUT2D eigenvalue weighted by Gasteiger charge is -2.14. The van der Waals surface area contributed by atoms with Crippen LogP contribution in [0.25, 0.3) is 0 Å². The number of carbonyl (C=O) groups excluding carboxylic acids is 1. The zero-order valence-corrected chi connectivity index (χ0v) is 9.89. The van der Waals surface area contributed by atoms with Crippen LogP contribution in [0.3, 0.4) is 0 Å². The van der Waals surface area contributed by atoms with Crippen molar-refractivity contribution in [2.75, 3.05) is 13.1 Å². The van der Waals surface area contributed by atoms with Crippen LogP contribution < -0.4 is 11.1 Å². The highest BCUT2D eigenvalue weighted by Crippen LogP contribution is 2.21. The minimum absolute atomic E-state index is 0.00313. The Balaban J connectivity index is 2.43. The van der Waals surface area contributed by atoms with Crippen LogP contribution in [-0.2, 0) is 4.79 Å². The number of benzene rings is 1. The number of hydrogen-bond donors (Lipinski definition) is 4. The minimum atomic E-state index is -1.26. The highest BCUT2D eigenvalue weighted by atomic mass is 35.5. The molecule has 5 nitrogen and oxygen atoms in total. The van der Waals surface area contributed by atoms with Gasteiger partial charge in [-0.15, -0.1) is 0 Å². The van der Waals surface area contributed by atoms with Crippen LogP contribution in [0.1, 0.15) is 11.7 Å². The van der Waals surface area contributed by atoms with Gasteiger partial charge in [0.1, 0.15) is 6.10 Å². The van der Waals surface area contributed by atoms with Crippen LogP contribution in [0.2, 0.25) is 5.02 Å². The summed E-state index contributed by atoms with van der Waals surface area (Å²) >= 11 is 5.90. The van der Waals surface area contributed by atoms with Crippen molar-refractivity contribution >= 4 is 17.5 Å². The number of nitrogens with one attached hydrogen (secondary N) is 1. The molecule has 0 fully saturated rings. The fraction of sp³-hybridized carbons (Fsp3) is 0.364. The van der Waals surface area contributed by atoms with E-state index >= 15 is 0 Å². The molecule has 0 radical (unpaired) electrons. The molecule has 0 bridgehead atoms. The van der Waals surface area contributed by atoms with E-state index in [1.165, 1.54) is 0 Å². The molecule has 17 heavy (non-hydrogen) atoms. The third-order valence-electron chi connectivity index (χ3n) is 2.27. The van der Waals surface area contributed by atoms with E-state index in [0.29, 0.717) is 10.6 Å². The second-order valence-corrected chi connectivity index (χ2v) is 4.02. The first-order chi connectivity index (χ1) is 8.02. The Labute approximate surface area is 104 Å². The molecule has 94 valence electrons. The van der Waals surface area contributed by atoms with E-state index < -0.39 is 18.1 Å². The third kappa shape index (κ3) is 4.32. The van der Waals surface area contributed by atoms with Crippen molar-refractivity contribution in [1.29, 1.82) is 0 Å². The maximum absolute atomic E-state index is 10.5. The molecule has 2 atom stereocenters. The van der Waals surface area contributed by atoms with Gasteiger partial charge in [0.2, 0.25) is 5.91 Å². The maximum Gasteiger partial charge on any atom is 0.247 e. The van der Waals surface area contributed by atoms with Crippen molar-refractivity contribution in [1.82, 2.24) is 5.32 Å². The summed E-state index contributed by atoms with van der Waals surface area (Å²) in [5, 5.41) is 22.1. The standard InChI is InChI=1S/C11H15ClN2O3/c12-8-4-2-1-3-7(8)9(15)5-14-6-10(16)11(13)17/h1-4,9-10,14-16H,5-6H2,(H2,13,17). The Morgan fingerprint density at radius 2 is 2.00 bits per heavy atom. The Hall–Kier alpha value is -1.14. The molecule has 1 amide bonds. The summed E-state index contributed by atoms with van der Waals surface area (Å²) in [6.45, 7) is 0.172. The van der Waals surface area contributed by atoms with Crippen LogP contribution in [0.15, 0.2) is 24.3 Å². The molecular formula is C11H15ClN2O3. The SMILES string of the molecule is NC(=O)C(O)CNCC(O)c1ccccc1Cl. The van der Waals surface area contributed by atoms with Crippen molar-refractivity contribution in [3.05, 3.63) is 34.9 Å². The first-order valence-electron chi connectivity index (χ1n) is 5.13. The number of carbonyl (C=O) groups is 1. The van der Waals surface area contributed by atoms with Crippen molar-refractivity contribution in [3.8, 4) is 0 Å². The average Bonchev–Trinajstić information content (AvgIpc) is 2.29. The van der Waals surface area contributed by atoms with Gasteiger partial charge in [-0.25, -0.2) is 0 Å². The molecule has 1 aromatic carbocycles. The smallest absolute Gasteiger partial charge is 0.247 e. The first kappa shape index (κ1) is 13.9. The van der Waals surface area contributed by atoms with E-state index in [-0.39, 0.29) is 13.1 Å². The van der Waals surface area contributed by atoms with Crippen molar-refractivity contribution in [2.24, 2.45) is 5.73 Å². The van der Waals surface area contributed by atoms with Gasteiger partial charge in [-0.1, -0.05) is 29.8 Å². The van der Waals surface area contributed by atoms with Gasteiger partial charge in [0.05, 0.1) is 6.10 Å². The lowest BCUT2D eigenvalue weighted by molar-refractivity contribution is -0.125. The van der Waals surface area contributed by atoms with Gasteiger partial charge in [-0.3, -0.25) is 4.79 Å². The van der Waals surface area contributed by atoms with Gasteiger partial charge in [-0.05, 0) is 6.07 Å². The lowest BCUT2D eigenvalue weighted by Crippen LogP contribution is -2.38. The predicted molar refractivity (Wildman–Crippen MR) is 64.5 cm³/mol. The molecule has 0 aliphatic carbocycles. The van der Waals surface area contributed by atoms with Crippen molar-refractivity contribution in [2.45, 2.75) is 12.2 Å².